The Balaban J connectivity index is 1.91. The highest BCUT2D eigenvalue weighted by molar-refractivity contribution is 5.74. The lowest BCUT2D eigenvalue weighted by Crippen LogP contribution is -2.55. The van der Waals surface area contributed by atoms with Crippen LogP contribution in [-0.4, -0.2) is 36.3 Å². The second-order valence-corrected chi connectivity index (χ2v) is 5.58. The molecule has 2 heterocycles. The van der Waals surface area contributed by atoms with Crippen molar-refractivity contribution in [1.29, 1.82) is 0 Å². The van der Waals surface area contributed by atoms with Crippen LogP contribution in [0.5, 0.6) is 0 Å². The van der Waals surface area contributed by atoms with Crippen LogP contribution in [0.1, 0.15) is 13.8 Å². The van der Waals surface area contributed by atoms with E-state index in [2.05, 4.69) is 23.7 Å². The van der Waals surface area contributed by atoms with Crippen LogP contribution in [0.4, 0.5) is 6.01 Å². The number of para-hydroxylation sites is 2. The Morgan fingerprint density at radius 2 is 2.21 bits per heavy atom. The van der Waals surface area contributed by atoms with Gasteiger partial charge in [-0.2, -0.15) is 4.98 Å². The molecule has 0 amide bonds. The van der Waals surface area contributed by atoms with E-state index in [0.29, 0.717) is 19.1 Å². The van der Waals surface area contributed by atoms with Crippen LogP contribution in [-0.2, 0) is 4.74 Å². The van der Waals surface area contributed by atoms with Gasteiger partial charge in [-0.3, -0.25) is 0 Å². The Kier molecular flexibility index (Phi) is 2.95. The predicted molar refractivity (Wildman–Crippen MR) is 74.2 cm³/mol. The highest BCUT2D eigenvalue weighted by Gasteiger charge is 2.34. The third-order valence-electron chi connectivity index (χ3n) is 3.30. The van der Waals surface area contributed by atoms with Gasteiger partial charge in [0.2, 0.25) is 0 Å². The number of nitrogens with zero attached hydrogens (tertiary/aromatic N) is 2. The lowest BCUT2D eigenvalue weighted by molar-refractivity contribution is -0.0798. The zero-order chi connectivity index (χ0) is 13.5. The maximum absolute atomic E-state index is 5.91. The van der Waals surface area contributed by atoms with Crippen LogP contribution in [0.25, 0.3) is 11.1 Å². The Hall–Kier alpha value is -1.59. The Bertz CT molecular complexity index is 546. The van der Waals surface area contributed by atoms with Gasteiger partial charge in [0.25, 0.3) is 6.01 Å². The second-order valence-electron chi connectivity index (χ2n) is 5.58. The molecule has 1 aromatic carbocycles. The van der Waals surface area contributed by atoms with Crippen molar-refractivity contribution >= 4 is 17.1 Å². The molecule has 5 nitrogen and oxygen atoms in total. The summed E-state index contributed by atoms with van der Waals surface area (Å²) in [6.45, 7) is 6.08. The topological polar surface area (TPSA) is 64.5 Å². The van der Waals surface area contributed by atoms with Crippen molar-refractivity contribution in [3.63, 3.8) is 0 Å². The van der Waals surface area contributed by atoms with Gasteiger partial charge in [0.05, 0.1) is 18.2 Å². The van der Waals surface area contributed by atoms with Crippen LogP contribution in [0.3, 0.4) is 0 Å². The van der Waals surface area contributed by atoms with Gasteiger partial charge in [0.15, 0.2) is 5.58 Å². The van der Waals surface area contributed by atoms with Crippen molar-refractivity contribution < 1.29 is 9.15 Å². The number of ether oxygens (including phenoxy) is 1. The maximum atomic E-state index is 5.91. The van der Waals surface area contributed by atoms with E-state index in [0.717, 1.165) is 17.6 Å². The molecule has 1 atom stereocenters. The highest BCUT2D eigenvalue weighted by Crippen LogP contribution is 2.27. The Morgan fingerprint density at radius 3 is 2.95 bits per heavy atom. The van der Waals surface area contributed by atoms with Gasteiger partial charge in [0, 0.05) is 13.1 Å². The lowest BCUT2D eigenvalue weighted by Gasteiger charge is -2.41. The molecule has 3 rings (SSSR count). The van der Waals surface area contributed by atoms with Crippen molar-refractivity contribution in [1.82, 2.24) is 4.98 Å². The number of oxazole rings is 1. The SMILES string of the molecule is CC1(C)CN(c2nc3ccccc3o2)CC(CN)O1. The van der Waals surface area contributed by atoms with Crippen molar-refractivity contribution in [2.45, 2.75) is 25.6 Å². The molecule has 1 aromatic heterocycles. The van der Waals surface area contributed by atoms with Crippen LogP contribution in [0.2, 0.25) is 0 Å². The van der Waals surface area contributed by atoms with Crippen LogP contribution in [0.15, 0.2) is 28.7 Å². The molecular formula is C14H19N3O2. The number of hydrogen-bond acceptors (Lipinski definition) is 5. The lowest BCUT2D eigenvalue weighted by atomic mass is 10.1. The summed E-state index contributed by atoms with van der Waals surface area (Å²) in [6.07, 6.45) is 0.0127. The highest BCUT2D eigenvalue weighted by atomic mass is 16.5. The minimum Gasteiger partial charge on any atom is -0.423 e. The number of aromatic nitrogens is 1. The summed E-state index contributed by atoms with van der Waals surface area (Å²) in [5.74, 6) is 0. The van der Waals surface area contributed by atoms with Gasteiger partial charge in [-0.1, -0.05) is 12.1 Å². The minimum absolute atomic E-state index is 0.0127. The number of nitrogens with two attached hydrogens (primary N) is 1. The summed E-state index contributed by atoms with van der Waals surface area (Å²) in [5.41, 5.74) is 7.18. The first kappa shape index (κ1) is 12.4. The number of morpholine rings is 1. The molecule has 2 aromatic rings. The molecule has 1 saturated heterocycles. The zero-order valence-electron chi connectivity index (χ0n) is 11.3. The molecule has 0 aliphatic carbocycles. The van der Waals surface area contributed by atoms with E-state index >= 15 is 0 Å². The van der Waals surface area contributed by atoms with E-state index in [1.54, 1.807) is 0 Å². The monoisotopic (exact) mass is 261 g/mol. The minimum atomic E-state index is -0.247. The summed E-state index contributed by atoms with van der Waals surface area (Å²) in [7, 11) is 0. The third kappa shape index (κ3) is 2.43. The van der Waals surface area contributed by atoms with Crippen LogP contribution < -0.4 is 10.6 Å². The van der Waals surface area contributed by atoms with E-state index in [4.69, 9.17) is 14.9 Å². The largest absolute Gasteiger partial charge is 0.423 e. The van der Waals surface area contributed by atoms with Crippen molar-refractivity contribution in [2.75, 3.05) is 24.5 Å². The second kappa shape index (κ2) is 4.51. The van der Waals surface area contributed by atoms with E-state index in [9.17, 15) is 0 Å². The number of rotatable bonds is 2. The van der Waals surface area contributed by atoms with E-state index in [1.165, 1.54) is 0 Å². The molecular weight excluding hydrogens is 242 g/mol. The number of fused-ring (bicyclic) bond motifs is 1. The van der Waals surface area contributed by atoms with Gasteiger partial charge in [-0.05, 0) is 26.0 Å². The average Bonchev–Trinajstić information content (AvgIpc) is 2.80. The molecule has 2 N–H and O–H groups in total. The summed E-state index contributed by atoms with van der Waals surface area (Å²) >= 11 is 0. The number of hydrogen-bond donors (Lipinski definition) is 1. The molecule has 0 radical (unpaired) electrons. The fourth-order valence-electron chi connectivity index (χ4n) is 2.56. The quantitative estimate of drug-likeness (QED) is 0.892. The first-order valence-corrected chi connectivity index (χ1v) is 6.56. The predicted octanol–water partition coefficient (Wildman–Crippen LogP) is 1.77. The number of benzene rings is 1. The smallest absolute Gasteiger partial charge is 0.298 e. The molecule has 1 fully saturated rings. The van der Waals surface area contributed by atoms with Gasteiger partial charge < -0.3 is 19.8 Å². The maximum Gasteiger partial charge on any atom is 0.298 e. The van der Waals surface area contributed by atoms with Crippen LogP contribution in [0, 0.1) is 0 Å². The van der Waals surface area contributed by atoms with E-state index in [1.807, 2.05) is 24.3 Å². The van der Waals surface area contributed by atoms with E-state index < -0.39 is 0 Å². The standard InChI is InChI=1S/C14H19N3O2/c1-14(2)9-17(8-10(7-15)19-14)13-16-11-5-3-4-6-12(11)18-13/h3-6,10H,7-9,15H2,1-2H3. The molecule has 1 aliphatic rings. The third-order valence-corrected chi connectivity index (χ3v) is 3.30. The van der Waals surface area contributed by atoms with Gasteiger partial charge in [-0.25, -0.2) is 0 Å². The first-order chi connectivity index (χ1) is 9.07. The summed E-state index contributed by atoms with van der Waals surface area (Å²) in [6, 6.07) is 8.44. The van der Waals surface area contributed by atoms with Gasteiger partial charge >= 0.3 is 0 Å². The van der Waals surface area contributed by atoms with E-state index in [-0.39, 0.29) is 11.7 Å². The fourth-order valence-corrected chi connectivity index (χ4v) is 2.56. The normalized spacial score (nSPS) is 22.9. The molecule has 0 spiro atoms. The van der Waals surface area contributed by atoms with Crippen molar-refractivity contribution in [2.24, 2.45) is 5.73 Å². The van der Waals surface area contributed by atoms with Gasteiger partial charge in [-0.15, -0.1) is 0 Å². The first-order valence-electron chi connectivity index (χ1n) is 6.56. The summed E-state index contributed by atoms with van der Waals surface area (Å²) in [5, 5.41) is 0. The summed E-state index contributed by atoms with van der Waals surface area (Å²) in [4.78, 5) is 6.65. The molecule has 0 saturated carbocycles. The Morgan fingerprint density at radius 1 is 1.42 bits per heavy atom. The Labute approximate surface area is 112 Å². The molecule has 0 bridgehead atoms. The molecule has 1 aliphatic heterocycles. The molecule has 5 heteroatoms. The average molecular weight is 261 g/mol. The molecule has 1 unspecified atom stereocenters. The van der Waals surface area contributed by atoms with Crippen LogP contribution >= 0.6 is 0 Å². The number of anilines is 1. The summed E-state index contributed by atoms with van der Waals surface area (Å²) < 4.78 is 11.7. The fraction of sp³-hybridized carbons (Fsp3) is 0.500. The van der Waals surface area contributed by atoms with Crippen molar-refractivity contribution in [3.05, 3.63) is 24.3 Å². The van der Waals surface area contributed by atoms with Gasteiger partial charge in [0.1, 0.15) is 5.52 Å². The molecule has 19 heavy (non-hydrogen) atoms. The van der Waals surface area contributed by atoms with Crippen molar-refractivity contribution in [3.8, 4) is 0 Å². The zero-order valence-corrected chi connectivity index (χ0v) is 11.3. The molecule has 102 valence electrons.